The van der Waals surface area contributed by atoms with Crippen molar-refractivity contribution in [2.24, 2.45) is 5.92 Å². The van der Waals surface area contributed by atoms with Crippen LogP contribution in [0.2, 0.25) is 0 Å². The second-order valence-electron chi connectivity index (χ2n) is 4.39. The first kappa shape index (κ1) is 12.7. The number of aromatic nitrogens is 1. The summed E-state index contributed by atoms with van der Waals surface area (Å²) >= 11 is 5.79. The van der Waals surface area contributed by atoms with E-state index >= 15 is 0 Å². The van der Waals surface area contributed by atoms with Crippen molar-refractivity contribution in [3.8, 4) is 5.88 Å². The van der Waals surface area contributed by atoms with Gasteiger partial charge >= 0.3 is 0 Å². The molecular weight excluding hydrogens is 238 g/mol. The average Bonchev–Trinajstić information content (AvgIpc) is 2.38. The molecule has 2 rings (SSSR count). The second-order valence-corrected chi connectivity index (χ2v) is 4.66. The molecule has 0 bridgehead atoms. The first-order chi connectivity index (χ1) is 8.29. The molecule has 3 nitrogen and oxygen atoms in total. The molecule has 0 amide bonds. The molecule has 1 fully saturated rings. The number of nitrogens with zero attached hydrogens (tertiary/aromatic N) is 1. The lowest BCUT2D eigenvalue weighted by molar-refractivity contribution is 0.0490. The third kappa shape index (κ3) is 3.58. The van der Waals surface area contributed by atoms with E-state index in [4.69, 9.17) is 21.1 Å². The van der Waals surface area contributed by atoms with E-state index in [2.05, 4.69) is 4.98 Å². The number of hydrogen-bond donors (Lipinski definition) is 0. The smallest absolute Gasteiger partial charge is 0.213 e. The molecule has 0 aromatic carbocycles. The highest BCUT2D eigenvalue weighted by atomic mass is 35.5. The third-order valence-corrected chi connectivity index (χ3v) is 3.41. The minimum atomic E-state index is 0.499. The van der Waals surface area contributed by atoms with Crippen LogP contribution in [0.15, 0.2) is 12.1 Å². The lowest BCUT2D eigenvalue weighted by Crippen LogP contribution is -2.21. The molecule has 1 aromatic heterocycles. The maximum absolute atomic E-state index is 5.79. The van der Waals surface area contributed by atoms with Crippen LogP contribution in [0.4, 0.5) is 0 Å². The van der Waals surface area contributed by atoms with Gasteiger partial charge in [0.15, 0.2) is 0 Å². The zero-order valence-corrected chi connectivity index (χ0v) is 10.9. The summed E-state index contributed by atoms with van der Waals surface area (Å²) in [5, 5.41) is 0. The molecule has 0 atom stereocenters. The van der Waals surface area contributed by atoms with Crippen LogP contribution in [0.5, 0.6) is 5.88 Å². The van der Waals surface area contributed by atoms with Gasteiger partial charge in [0.05, 0.1) is 6.61 Å². The van der Waals surface area contributed by atoms with Crippen LogP contribution in [0.25, 0.3) is 0 Å². The van der Waals surface area contributed by atoms with Crippen LogP contribution in [0, 0.1) is 12.8 Å². The first-order valence-corrected chi connectivity index (χ1v) is 6.56. The summed E-state index contributed by atoms with van der Waals surface area (Å²) < 4.78 is 11.0. The van der Waals surface area contributed by atoms with Crippen LogP contribution in [-0.2, 0) is 10.6 Å². The maximum atomic E-state index is 5.79. The highest BCUT2D eigenvalue weighted by molar-refractivity contribution is 6.17. The second kappa shape index (κ2) is 6.22. The molecule has 2 heterocycles. The molecule has 4 heteroatoms. The van der Waals surface area contributed by atoms with Crippen LogP contribution in [0.3, 0.4) is 0 Å². The Labute approximate surface area is 107 Å². The van der Waals surface area contributed by atoms with Crippen molar-refractivity contribution in [3.63, 3.8) is 0 Å². The molecular formula is C13H18ClNO2. The predicted octanol–water partition coefficient (Wildman–Crippen LogP) is 2.93. The first-order valence-electron chi connectivity index (χ1n) is 6.02. The van der Waals surface area contributed by atoms with Crippen molar-refractivity contribution in [3.05, 3.63) is 23.4 Å². The van der Waals surface area contributed by atoms with Gasteiger partial charge in [-0.1, -0.05) is 6.07 Å². The number of pyridine rings is 1. The molecule has 0 N–H and O–H groups in total. The Bertz CT molecular complexity index is 364. The Morgan fingerprint density at radius 3 is 2.82 bits per heavy atom. The minimum absolute atomic E-state index is 0.499. The van der Waals surface area contributed by atoms with Gasteiger partial charge in [-0.25, -0.2) is 4.98 Å². The van der Waals surface area contributed by atoms with Crippen molar-refractivity contribution in [2.75, 3.05) is 19.8 Å². The van der Waals surface area contributed by atoms with E-state index in [0.29, 0.717) is 17.7 Å². The molecule has 17 heavy (non-hydrogen) atoms. The van der Waals surface area contributed by atoms with Crippen LogP contribution in [-0.4, -0.2) is 24.8 Å². The van der Waals surface area contributed by atoms with Gasteiger partial charge in [-0.3, -0.25) is 0 Å². The Balaban J connectivity index is 1.87. The predicted molar refractivity (Wildman–Crippen MR) is 67.6 cm³/mol. The lowest BCUT2D eigenvalue weighted by Gasteiger charge is -2.21. The lowest BCUT2D eigenvalue weighted by atomic mass is 10.0. The summed E-state index contributed by atoms with van der Waals surface area (Å²) in [6.07, 6.45) is 2.16. The summed E-state index contributed by atoms with van der Waals surface area (Å²) in [7, 11) is 0. The molecule has 1 aromatic rings. The monoisotopic (exact) mass is 255 g/mol. The van der Waals surface area contributed by atoms with E-state index in [1.807, 2.05) is 19.1 Å². The Morgan fingerprint density at radius 1 is 1.41 bits per heavy atom. The van der Waals surface area contributed by atoms with Gasteiger partial charge in [0.1, 0.15) is 0 Å². The molecule has 0 aliphatic carbocycles. The molecule has 0 spiro atoms. The van der Waals surface area contributed by atoms with Crippen LogP contribution >= 0.6 is 11.6 Å². The van der Waals surface area contributed by atoms with E-state index < -0.39 is 0 Å². The quantitative estimate of drug-likeness (QED) is 0.776. The van der Waals surface area contributed by atoms with Gasteiger partial charge < -0.3 is 9.47 Å². The van der Waals surface area contributed by atoms with Gasteiger partial charge in [0.25, 0.3) is 0 Å². The number of hydrogen-bond acceptors (Lipinski definition) is 3. The van der Waals surface area contributed by atoms with Crippen molar-refractivity contribution in [1.82, 2.24) is 4.98 Å². The maximum Gasteiger partial charge on any atom is 0.213 e. The summed E-state index contributed by atoms with van der Waals surface area (Å²) in [5.74, 6) is 1.79. The Kier molecular flexibility index (Phi) is 4.63. The third-order valence-electron chi connectivity index (χ3n) is 3.12. The summed E-state index contributed by atoms with van der Waals surface area (Å²) in [6.45, 7) is 4.40. The Morgan fingerprint density at radius 2 is 2.18 bits per heavy atom. The fourth-order valence-corrected chi connectivity index (χ4v) is 2.19. The van der Waals surface area contributed by atoms with Crippen LogP contribution in [0.1, 0.15) is 24.1 Å². The summed E-state index contributed by atoms with van der Waals surface area (Å²) in [6, 6.07) is 3.87. The molecule has 1 aliphatic rings. The topological polar surface area (TPSA) is 31.4 Å². The van der Waals surface area contributed by atoms with Crippen molar-refractivity contribution in [1.29, 1.82) is 0 Å². The normalized spacial score (nSPS) is 17.1. The molecule has 0 radical (unpaired) electrons. The number of aryl methyl sites for hydroxylation is 1. The molecule has 94 valence electrons. The molecule has 1 aliphatic heterocycles. The largest absolute Gasteiger partial charge is 0.477 e. The standard InChI is InChI=1S/C13H18ClNO2/c1-10-12(8-14)2-3-13(15-10)17-9-11-4-6-16-7-5-11/h2-3,11H,4-9H2,1H3. The molecule has 0 unspecified atom stereocenters. The van der Waals surface area contributed by atoms with Gasteiger partial charge in [0.2, 0.25) is 5.88 Å². The van der Waals surface area contributed by atoms with Gasteiger partial charge in [-0.2, -0.15) is 0 Å². The van der Waals surface area contributed by atoms with E-state index in [-0.39, 0.29) is 0 Å². The molecule has 1 saturated heterocycles. The summed E-state index contributed by atoms with van der Waals surface area (Å²) in [4.78, 5) is 4.39. The van der Waals surface area contributed by atoms with Crippen LogP contribution < -0.4 is 4.74 Å². The number of ether oxygens (including phenoxy) is 2. The SMILES string of the molecule is Cc1nc(OCC2CCOCC2)ccc1CCl. The fraction of sp³-hybridized carbons (Fsp3) is 0.615. The zero-order chi connectivity index (χ0) is 12.1. The van der Waals surface area contributed by atoms with Gasteiger partial charge in [-0.05, 0) is 31.2 Å². The van der Waals surface area contributed by atoms with E-state index in [0.717, 1.165) is 43.9 Å². The number of alkyl halides is 1. The number of halogens is 1. The highest BCUT2D eigenvalue weighted by Crippen LogP contribution is 2.18. The zero-order valence-electron chi connectivity index (χ0n) is 10.1. The van der Waals surface area contributed by atoms with E-state index in [9.17, 15) is 0 Å². The minimum Gasteiger partial charge on any atom is -0.477 e. The van der Waals surface area contributed by atoms with E-state index in [1.54, 1.807) is 0 Å². The highest BCUT2D eigenvalue weighted by Gasteiger charge is 2.14. The van der Waals surface area contributed by atoms with Gasteiger partial charge in [-0.15, -0.1) is 11.6 Å². The summed E-state index contributed by atoms with van der Waals surface area (Å²) in [5.41, 5.74) is 2.01. The number of rotatable bonds is 4. The van der Waals surface area contributed by atoms with Crippen molar-refractivity contribution < 1.29 is 9.47 Å². The van der Waals surface area contributed by atoms with Crippen molar-refractivity contribution in [2.45, 2.75) is 25.6 Å². The van der Waals surface area contributed by atoms with Crippen molar-refractivity contribution >= 4 is 11.6 Å². The van der Waals surface area contributed by atoms with Gasteiger partial charge in [0, 0.05) is 30.9 Å². The fourth-order valence-electron chi connectivity index (χ4n) is 1.90. The van der Waals surface area contributed by atoms with E-state index in [1.165, 1.54) is 0 Å². The average molecular weight is 256 g/mol. The Hall–Kier alpha value is -0.800. The molecule has 0 saturated carbocycles.